The molecule has 0 saturated heterocycles. The van der Waals surface area contributed by atoms with Crippen LogP contribution in [0, 0.1) is 0 Å². The second kappa shape index (κ2) is 7.00. The fraction of sp³-hybridized carbons (Fsp3) is 0.250. The van der Waals surface area contributed by atoms with Crippen molar-refractivity contribution < 1.29 is 9.53 Å². The molecule has 6 nitrogen and oxygen atoms in total. The van der Waals surface area contributed by atoms with E-state index < -0.39 is 0 Å². The number of aromatic nitrogens is 3. The Morgan fingerprint density at radius 3 is 2.77 bits per heavy atom. The minimum Gasteiger partial charge on any atom is -0.497 e. The molecule has 1 aliphatic heterocycles. The van der Waals surface area contributed by atoms with E-state index in [9.17, 15) is 4.79 Å². The average molecular weight is 348 g/mol. The zero-order chi connectivity index (χ0) is 17.9. The monoisotopic (exact) mass is 348 g/mol. The number of nitrogens with zero attached hydrogens (tertiary/aromatic N) is 4. The average Bonchev–Trinajstić information content (AvgIpc) is 3.00. The van der Waals surface area contributed by atoms with Crippen LogP contribution in [0.15, 0.2) is 54.9 Å². The van der Waals surface area contributed by atoms with Crippen LogP contribution < -0.4 is 4.74 Å². The van der Waals surface area contributed by atoms with E-state index in [0.29, 0.717) is 12.1 Å². The van der Waals surface area contributed by atoms with Gasteiger partial charge in [-0.1, -0.05) is 12.1 Å². The molecule has 0 unspecified atom stereocenters. The van der Waals surface area contributed by atoms with E-state index >= 15 is 0 Å². The summed E-state index contributed by atoms with van der Waals surface area (Å²) in [6, 6.07) is 13.4. The summed E-state index contributed by atoms with van der Waals surface area (Å²) in [5.74, 6) is 0.838. The topological polar surface area (TPSA) is 60.2 Å². The first kappa shape index (κ1) is 16.3. The van der Waals surface area contributed by atoms with Gasteiger partial charge in [-0.25, -0.2) is 0 Å². The van der Waals surface area contributed by atoms with Crippen LogP contribution >= 0.6 is 0 Å². The molecule has 0 atom stereocenters. The molecule has 132 valence electrons. The number of pyridine rings is 1. The van der Waals surface area contributed by atoms with Crippen molar-refractivity contribution in [1.29, 1.82) is 0 Å². The lowest BCUT2D eigenvalue weighted by Crippen LogP contribution is -2.30. The number of hydrogen-bond acceptors (Lipinski definition) is 4. The van der Waals surface area contributed by atoms with Crippen molar-refractivity contribution in [2.24, 2.45) is 0 Å². The Hall–Kier alpha value is -3.15. The lowest BCUT2D eigenvalue weighted by molar-refractivity contribution is 0.0745. The molecule has 0 saturated carbocycles. The minimum absolute atomic E-state index is 0.0324. The SMILES string of the molecule is COc1cccc(-c2cc3n(n2)CCCN(C(=O)c2ccncc2)C3)c1. The van der Waals surface area contributed by atoms with Crippen LogP contribution in [0.1, 0.15) is 22.5 Å². The van der Waals surface area contributed by atoms with Crippen LogP contribution in [0.3, 0.4) is 0 Å². The van der Waals surface area contributed by atoms with Gasteiger partial charge in [-0.05, 0) is 36.8 Å². The first-order valence-electron chi connectivity index (χ1n) is 8.65. The summed E-state index contributed by atoms with van der Waals surface area (Å²) in [5.41, 5.74) is 3.62. The van der Waals surface area contributed by atoms with Crippen molar-refractivity contribution >= 4 is 5.91 Å². The molecule has 1 amide bonds. The van der Waals surface area contributed by atoms with Gasteiger partial charge >= 0.3 is 0 Å². The first-order valence-corrected chi connectivity index (χ1v) is 8.65. The van der Waals surface area contributed by atoms with Crippen LogP contribution in [0.2, 0.25) is 0 Å². The highest BCUT2D eigenvalue weighted by Gasteiger charge is 2.22. The number of amides is 1. The third-order valence-electron chi connectivity index (χ3n) is 4.59. The molecule has 1 aromatic carbocycles. The molecule has 3 aromatic rings. The quantitative estimate of drug-likeness (QED) is 0.730. The van der Waals surface area contributed by atoms with Gasteiger partial charge in [0, 0.05) is 36.6 Å². The van der Waals surface area contributed by atoms with Crippen molar-refractivity contribution in [3.63, 3.8) is 0 Å². The van der Waals surface area contributed by atoms with Gasteiger partial charge in [0.2, 0.25) is 0 Å². The Balaban J connectivity index is 1.61. The van der Waals surface area contributed by atoms with E-state index in [-0.39, 0.29) is 5.91 Å². The third-order valence-corrected chi connectivity index (χ3v) is 4.59. The van der Waals surface area contributed by atoms with Gasteiger partial charge in [-0.2, -0.15) is 5.10 Å². The highest BCUT2D eigenvalue weighted by atomic mass is 16.5. The molecule has 1 aliphatic rings. The largest absolute Gasteiger partial charge is 0.497 e. The summed E-state index contributed by atoms with van der Waals surface area (Å²) in [6.07, 6.45) is 4.18. The van der Waals surface area contributed by atoms with E-state index in [1.807, 2.05) is 33.8 Å². The lowest BCUT2D eigenvalue weighted by atomic mass is 10.1. The second-order valence-corrected chi connectivity index (χ2v) is 6.29. The Labute approximate surface area is 152 Å². The van der Waals surface area contributed by atoms with E-state index in [0.717, 1.165) is 42.2 Å². The molecule has 4 rings (SSSR count). The van der Waals surface area contributed by atoms with Gasteiger partial charge in [0.15, 0.2) is 0 Å². The molecule has 0 aliphatic carbocycles. The molecule has 0 bridgehead atoms. The zero-order valence-corrected chi connectivity index (χ0v) is 14.6. The van der Waals surface area contributed by atoms with Crippen LogP contribution in [0.4, 0.5) is 0 Å². The zero-order valence-electron chi connectivity index (χ0n) is 14.6. The summed E-state index contributed by atoms with van der Waals surface area (Å²) in [7, 11) is 1.66. The van der Waals surface area contributed by atoms with Gasteiger partial charge in [0.1, 0.15) is 5.75 Å². The number of methoxy groups -OCH3 is 1. The standard InChI is InChI=1S/C20H20N4O2/c1-26-18-5-2-4-16(12-18)19-13-17-14-23(10-3-11-24(17)22-19)20(25)15-6-8-21-9-7-15/h2,4-9,12-13H,3,10-11,14H2,1H3. The fourth-order valence-corrected chi connectivity index (χ4v) is 3.24. The highest BCUT2D eigenvalue weighted by molar-refractivity contribution is 5.94. The highest BCUT2D eigenvalue weighted by Crippen LogP contribution is 2.25. The normalized spacial score (nSPS) is 13.8. The molecule has 0 fully saturated rings. The van der Waals surface area contributed by atoms with Crippen LogP contribution in [0.25, 0.3) is 11.3 Å². The summed E-state index contributed by atoms with van der Waals surface area (Å²) in [5, 5.41) is 4.74. The molecular formula is C20H20N4O2. The number of ether oxygens (including phenoxy) is 1. The number of benzene rings is 1. The molecule has 0 spiro atoms. The molecule has 6 heteroatoms. The number of fused-ring (bicyclic) bond motifs is 1. The molecular weight excluding hydrogens is 328 g/mol. The van der Waals surface area contributed by atoms with Gasteiger partial charge in [0.05, 0.1) is 25.0 Å². The lowest BCUT2D eigenvalue weighted by Gasteiger charge is -2.19. The molecule has 0 N–H and O–H groups in total. The summed E-state index contributed by atoms with van der Waals surface area (Å²) >= 11 is 0. The molecule has 26 heavy (non-hydrogen) atoms. The Morgan fingerprint density at radius 1 is 1.12 bits per heavy atom. The number of aryl methyl sites for hydroxylation is 1. The number of rotatable bonds is 3. The van der Waals surface area contributed by atoms with Gasteiger partial charge in [0.25, 0.3) is 5.91 Å². The predicted molar refractivity (Wildman–Crippen MR) is 97.8 cm³/mol. The molecule has 3 heterocycles. The number of hydrogen-bond donors (Lipinski definition) is 0. The maximum Gasteiger partial charge on any atom is 0.254 e. The Morgan fingerprint density at radius 2 is 1.96 bits per heavy atom. The van der Waals surface area contributed by atoms with E-state index in [2.05, 4.69) is 11.1 Å². The maximum atomic E-state index is 12.8. The van der Waals surface area contributed by atoms with Crippen molar-refractivity contribution in [3.05, 3.63) is 66.1 Å². The Bertz CT molecular complexity index is 921. The number of carbonyl (C=O) groups is 1. The Kier molecular flexibility index (Phi) is 4.39. The van der Waals surface area contributed by atoms with Crippen LogP contribution in [-0.4, -0.2) is 39.2 Å². The summed E-state index contributed by atoms with van der Waals surface area (Å²) in [4.78, 5) is 18.6. The molecule has 0 radical (unpaired) electrons. The van der Waals surface area contributed by atoms with Crippen molar-refractivity contribution in [2.75, 3.05) is 13.7 Å². The van der Waals surface area contributed by atoms with Crippen LogP contribution in [-0.2, 0) is 13.1 Å². The maximum absolute atomic E-state index is 12.8. The second-order valence-electron chi connectivity index (χ2n) is 6.29. The number of carbonyl (C=O) groups excluding carboxylic acids is 1. The van der Waals surface area contributed by atoms with E-state index in [1.165, 1.54) is 0 Å². The predicted octanol–water partition coefficient (Wildman–Crippen LogP) is 3.00. The van der Waals surface area contributed by atoms with Gasteiger partial charge in [-0.15, -0.1) is 0 Å². The third kappa shape index (κ3) is 3.18. The van der Waals surface area contributed by atoms with Crippen LogP contribution in [0.5, 0.6) is 5.75 Å². The summed E-state index contributed by atoms with van der Waals surface area (Å²) in [6.45, 7) is 2.08. The summed E-state index contributed by atoms with van der Waals surface area (Å²) < 4.78 is 7.31. The molecule has 2 aromatic heterocycles. The minimum atomic E-state index is 0.0324. The van der Waals surface area contributed by atoms with E-state index in [4.69, 9.17) is 9.84 Å². The van der Waals surface area contributed by atoms with Crippen molar-refractivity contribution in [1.82, 2.24) is 19.7 Å². The first-order chi connectivity index (χ1) is 12.7. The van der Waals surface area contributed by atoms with Crippen molar-refractivity contribution in [3.8, 4) is 17.0 Å². The van der Waals surface area contributed by atoms with Gasteiger partial charge < -0.3 is 9.64 Å². The van der Waals surface area contributed by atoms with Crippen molar-refractivity contribution in [2.45, 2.75) is 19.5 Å². The fourth-order valence-electron chi connectivity index (χ4n) is 3.24. The van der Waals surface area contributed by atoms with Gasteiger partial charge in [-0.3, -0.25) is 14.5 Å². The van der Waals surface area contributed by atoms with E-state index in [1.54, 1.807) is 31.6 Å². The smallest absolute Gasteiger partial charge is 0.254 e.